The summed E-state index contributed by atoms with van der Waals surface area (Å²) in [7, 11) is 1.54. The summed E-state index contributed by atoms with van der Waals surface area (Å²) in [4.78, 5) is 23.0. The summed E-state index contributed by atoms with van der Waals surface area (Å²) in [5.41, 5.74) is 2.67. The van der Waals surface area contributed by atoms with Crippen LogP contribution in [-0.4, -0.2) is 33.4 Å². The largest absolute Gasteiger partial charge is 0.508 e. The topological polar surface area (TPSA) is 86.5 Å². The number of phenolic OH excluding ortho intramolecular Hbond substituents is 1. The SMILES string of the molecule is C=C(OCC)c1nccc2c(=O)n(Cc3ccc(O)cc3OC)c(CCc3ccccc3)nc12. The van der Waals surface area contributed by atoms with Gasteiger partial charge in [0.05, 0.1) is 25.6 Å². The number of nitrogens with zero attached hydrogens (tertiary/aromatic N) is 3. The first-order chi connectivity index (χ1) is 16.5. The van der Waals surface area contributed by atoms with Gasteiger partial charge in [0.25, 0.3) is 5.56 Å². The number of pyridine rings is 1. The van der Waals surface area contributed by atoms with E-state index in [4.69, 9.17) is 14.5 Å². The van der Waals surface area contributed by atoms with E-state index >= 15 is 0 Å². The highest BCUT2D eigenvalue weighted by Gasteiger charge is 2.18. The van der Waals surface area contributed by atoms with Crippen molar-refractivity contribution in [3.8, 4) is 11.5 Å². The zero-order valence-corrected chi connectivity index (χ0v) is 19.3. The van der Waals surface area contributed by atoms with Crippen LogP contribution in [0.1, 0.15) is 29.6 Å². The Morgan fingerprint density at radius 3 is 2.65 bits per heavy atom. The van der Waals surface area contributed by atoms with Crippen LogP contribution in [0.5, 0.6) is 11.5 Å². The molecule has 0 saturated heterocycles. The third-order valence-electron chi connectivity index (χ3n) is 5.61. The smallest absolute Gasteiger partial charge is 0.261 e. The summed E-state index contributed by atoms with van der Waals surface area (Å²) in [6.07, 6.45) is 2.83. The third-order valence-corrected chi connectivity index (χ3v) is 5.61. The molecule has 0 amide bonds. The highest BCUT2D eigenvalue weighted by molar-refractivity contribution is 5.86. The molecule has 0 aliphatic carbocycles. The van der Waals surface area contributed by atoms with Gasteiger partial charge in [-0.15, -0.1) is 0 Å². The van der Waals surface area contributed by atoms with Crippen LogP contribution in [0.2, 0.25) is 0 Å². The van der Waals surface area contributed by atoms with Crippen molar-refractivity contribution in [2.24, 2.45) is 0 Å². The van der Waals surface area contributed by atoms with E-state index in [0.717, 1.165) is 11.1 Å². The molecule has 4 aromatic rings. The standard InChI is InChI=1S/C27H27N3O4/c1-4-34-18(2)25-26-22(14-15-28-25)27(32)30(17-20-11-12-21(31)16-23(20)33-3)24(29-26)13-10-19-8-6-5-7-9-19/h5-9,11-12,14-16,31H,2,4,10,13,17H2,1,3H3. The first-order valence-electron chi connectivity index (χ1n) is 11.1. The number of rotatable bonds is 9. The number of aromatic hydroxyl groups is 1. The average molecular weight is 458 g/mol. The van der Waals surface area contributed by atoms with Crippen LogP contribution in [0.25, 0.3) is 16.7 Å². The Bertz CT molecular complexity index is 1380. The van der Waals surface area contributed by atoms with Crippen molar-refractivity contribution < 1.29 is 14.6 Å². The van der Waals surface area contributed by atoms with Gasteiger partial charge in [0, 0.05) is 24.2 Å². The van der Waals surface area contributed by atoms with Gasteiger partial charge in [-0.25, -0.2) is 4.98 Å². The lowest BCUT2D eigenvalue weighted by Gasteiger charge is -2.17. The van der Waals surface area contributed by atoms with E-state index in [2.05, 4.69) is 23.7 Å². The minimum atomic E-state index is -0.184. The van der Waals surface area contributed by atoms with Gasteiger partial charge in [-0.05, 0) is 37.1 Å². The van der Waals surface area contributed by atoms with Crippen LogP contribution >= 0.6 is 0 Å². The van der Waals surface area contributed by atoms with Gasteiger partial charge in [-0.3, -0.25) is 14.3 Å². The van der Waals surface area contributed by atoms with Crippen LogP contribution in [0.4, 0.5) is 0 Å². The molecule has 34 heavy (non-hydrogen) atoms. The van der Waals surface area contributed by atoms with E-state index in [1.165, 1.54) is 13.2 Å². The van der Waals surface area contributed by atoms with E-state index in [1.54, 1.807) is 29.0 Å². The Kier molecular flexibility index (Phi) is 6.92. The maximum atomic E-state index is 13.7. The molecule has 2 heterocycles. The van der Waals surface area contributed by atoms with Crippen LogP contribution < -0.4 is 10.3 Å². The van der Waals surface area contributed by atoms with Gasteiger partial charge in [0.1, 0.15) is 34.3 Å². The lowest BCUT2D eigenvalue weighted by Crippen LogP contribution is -2.27. The molecule has 0 saturated carbocycles. The van der Waals surface area contributed by atoms with Gasteiger partial charge < -0.3 is 14.6 Å². The van der Waals surface area contributed by atoms with E-state index in [9.17, 15) is 9.90 Å². The predicted molar refractivity (Wildman–Crippen MR) is 132 cm³/mol. The summed E-state index contributed by atoms with van der Waals surface area (Å²) < 4.78 is 12.7. The van der Waals surface area contributed by atoms with Crippen molar-refractivity contribution in [2.45, 2.75) is 26.3 Å². The zero-order valence-electron chi connectivity index (χ0n) is 19.3. The van der Waals surface area contributed by atoms with E-state index < -0.39 is 0 Å². The van der Waals surface area contributed by atoms with Crippen molar-refractivity contribution in [2.75, 3.05) is 13.7 Å². The molecule has 0 aliphatic rings. The minimum Gasteiger partial charge on any atom is -0.508 e. The molecular weight excluding hydrogens is 430 g/mol. The van der Waals surface area contributed by atoms with E-state index in [-0.39, 0.29) is 17.9 Å². The Hall–Kier alpha value is -4.13. The molecule has 0 bridgehead atoms. The van der Waals surface area contributed by atoms with Crippen molar-refractivity contribution >= 4 is 16.7 Å². The summed E-state index contributed by atoms with van der Waals surface area (Å²) in [6.45, 7) is 6.52. The third kappa shape index (κ3) is 4.78. The second-order valence-corrected chi connectivity index (χ2v) is 7.81. The van der Waals surface area contributed by atoms with Gasteiger partial charge in [0.15, 0.2) is 0 Å². The summed E-state index contributed by atoms with van der Waals surface area (Å²) in [5.74, 6) is 1.60. The normalized spacial score (nSPS) is 10.9. The van der Waals surface area contributed by atoms with Crippen LogP contribution in [0.15, 0.2) is 72.2 Å². The Morgan fingerprint density at radius 2 is 1.91 bits per heavy atom. The number of ether oxygens (including phenoxy) is 2. The Balaban J connectivity index is 1.86. The summed E-state index contributed by atoms with van der Waals surface area (Å²) >= 11 is 0. The van der Waals surface area contributed by atoms with Crippen molar-refractivity contribution in [1.82, 2.24) is 14.5 Å². The molecule has 0 spiro atoms. The summed E-state index contributed by atoms with van der Waals surface area (Å²) in [6, 6.07) is 16.6. The average Bonchev–Trinajstić information content (AvgIpc) is 2.86. The van der Waals surface area contributed by atoms with Gasteiger partial charge in [-0.1, -0.05) is 36.9 Å². The molecule has 174 valence electrons. The molecule has 0 fully saturated rings. The summed E-state index contributed by atoms with van der Waals surface area (Å²) in [5, 5.41) is 10.3. The molecule has 2 aromatic heterocycles. The Morgan fingerprint density at radius 1 is 1.12 bits per heavy atom. The number of benzene rings is 2. The van der Waals surface area contributed by atoms with Crippen LogP contribution in [0, 0.1) is 0 Å². The molecule has 7 nitrogen and oxygen atoms in total. The molecule has 7 heteroatoms. The number of aromatic nitrogens is 3. The molecule has 0 radical (unpaired) electrons. The fourth-order valence-electron chi connectivity index (χ4n) is 3.93. The number of phenols is 1. The number of methoxy groups -OCH3 is 1. The van der Waals surface area contributed by atoms with Gasteiger partial charge >= 0.3 is 0 Å². The lowest BCUT2D eigenvalue weighted by molar-refractivity contribution is 0.298. The monoisotopic (exact) mass is 457 g/mol. The zero-order chi connectivity index (χ0) is 24.1. The molecule has 0 unspecified atom stereocenters. The van der Waals surface area contributed by atoms with Crippen LogP contribution in [0.3, 0.4) is 0 Å². The molecule has 2 aromatic carbocycles. The number of hydrogen-bond acceptors (Lipinski definition) is 6. The fourth-order valence-corrected chi connectivity index (χ4v) is 3.93. The number of aryl methyl sites for hydroxylation is 2. The quantitative estimate of drug-likeness (QED) is 0.376. The molecular formula is C27H27N3O4. The highest BCUT2D eigenvalue weighted by atomic mass is 16.5. The molecule has 4 rings (SSSR count). The van der Waals surface area contributed by atoms with Crippen molar-refractivity contribution in [3.63, 3.8) is 0 Å². The number of hydrogen-bond donors (Lipinski definition) is 1. The maximum absolute atomic E-state index is 13.7. The van der Waals surface area contributed by atoms with Gasteiger partial charge in [-0.2, -0.15) is 0 Å². The van der Waals surface area contributed by atoms with E-state index in [1.807, 2.05) is 25.1 Å². The first kappa shape index (κ1) is 23.0. The molecule has 0 atom stereocenters. The van der Waals surface area contributed by atoms with Crippen molar-refractivity contribution in [3.05, 3.63) is 100 Å². The second-order valence-electron chi connectivity index (χ2n) is 7.81. The maximum Gasteiger partial charge on any atom is 0.261 e. The van der Waals surface area contributed by atoms with Crippen LogP contribution in [-0.2, 0) is 24.1 Å². The lowest BCUT2D eigenvalue weighted by atomic mass is 10.1. The highest BCUT2D eigenvalue weighted by Crippen LogP contribution is 2.26. The molecule has 0 aliphatic heterocycles. The second kappa shape index (κ2) is 10.2. The Labute approximate surface area is 198 Å². The first-order valence-corrected chi connectivity index (χ1v) is 11.1. The minimum absolute atomic E-state index is 0.0963. The molecule has 1 N–H and O–H groups in total. The van der Waals surface area contributed by atoms with E-state index in [0.29, 0.717) is 53.4 Å². The van der Waals surface area contributed by atoms with Gasteiger partial charge in [0.2, 0.25) is 0 Å². The predicted octanol–water partition coefficient (Wildman–Crippen LogP) is 4.35. The number of fused-ring (bicyclic) bond motifs is 1. The van der Waals surface area contributed by atoms with Crippen molar-refractivity contribution in [1.29, 1.82) is 0 Å². The fraction of sp³-hybridized carbons (Fsp3) is 0.222.